The van der Waals surface area contributed by atoms with Gasteiger partial charge in [0.15, 0.2) is 0 Å². The maximum atomic E-state index is 12.9. The molecule has 2 heterocycles. The van der Waals surface area contributed by atoms with Crippen molar-refractivity contribution in [1.29, 1.82) is 0 Å². The highest BCUT2D eigenvalue weighted by Crippen LogP contribution is 2.27. The molecule has 0 unspecified atom stereocenters. The third-order valence-electron chi connectivity index (χ3n) is 5.07. The number of hydrogen-bond acceptors (Lipinski definition) is 5. The van der Waals surface area contributed by atoms with Crippen LogP contribution in [0.1, 0.15) is 33.1 Å². The van der Waals surface area contributed by atoms with Crippen LogP contribution < -0.4 is 5.32 Å². The van der Waals surface area contributed by atoms with E-state index in [0.717, 1.165) is 11.3 Å². The fourth-order valence-electron chi connectivity index (χ4n) is 3.80. The largest absolute Gasteiger partial charge is 0.325 e. The lowest BCUT2D eigenvalue weighted by molar-refractivity contribution is -0.141. The number of imide groups is 1. The van der Waals surface area contributed by atoms with E-state index >= 15 is 0 Å². The number of amides is 3. The molecule has 8 nitrogen and oxygen atoms in total. The second-order valence-corrected chi connectivity index (χ2v) is 9.65. The van der Waals surface area contributed by atoms with Crippen molar-refractivity contribution in [2.24, 2.45) is 11.8 Å². The second kappa shape index (κ2) is 8.00. The first kappa shape index (κ1) is 20.5. The average Bonchev–Trinajstić information content (AvgIpc) is 2.93. The number of nitrogens with zero attached hydrogens (tertiary/aromatic N) is 2. The fraction of sp³-hybridized carbons (Fsp3) is 0.526. The van der Waals surface area contributed by atoms with E-state index in [0.29, 0.717) is 30.6 Å². The van der Waals surface area contributed by atoms with Gasteiger partial charge in [0, 0.05) is 31.6 Å². The predicted octanol–water partition coefficient (Wildman–Crippen LogP) is 1.44. The maximum Gasteiger partial charge on any atom is 0.244 e. The Morgan fingerprint density at radius 3 is 2.11 bits per heavy atom. The van der Waals surface area contributed by atoms with Gasteiger partial charge < -0.3 is 5.32 Å². The van der Waals surface area contributed by atoms with Gasteiger partial charge >= 0.3 is 0 Å². The number of sulfonamides is 1. The molecular formula is C19H25N3O5S. The highest BCUT2D eigenvalue weighted by Gasteiger charge is 2.32. The number of benzene rings is 1. The van der Waals surface area contributed by atoms with Crippen molar-refractivity contribution in [3.05, 3.63) is 24.3 Å². The summed E-state index contributed by atoms with van der Waals surface area (Å²) in [4.78, 5) is 36.3. The summed E-state index contributed by atoms with van der Waals surface area (Å²) < 4.78 is 27.3. The van der Waals surface area contributed by atoms with Gasteiger partial charge in [0.25, 0.3) is 0 Å². The monoisotopic (exact) mass is 407 g/mol. The van der Waals surface area contributed by atoms with Crippen molar-refractivity contribution >= 4 is 33.4 Å². The first-order valence-electron chi connectivity index (χ1n) is 9.40. The normalized spacial score (nSPS) is 23.9. The molecule has 0 aromatic heterocycles. The zero-order chi connectivity index (χ0) is 20.5. The molecule has 1 aromatic carbocycles. The minimum absolute atomic E-state index is 0.131. The molecular weight excluding hydrogens is 382 g/mol. The summed E-state index contributed by atoms with van der Waals surface area (Å²) in [5, 5.41) is 2.59. The zero-order valence-corrected chi connectivity index (χ0v) is 16.9. The van der Waals surface area contributed by atoms with Gasteiger partial charge in [-0.1, -0.05) is 13.8 Å². The third-order valence-corrected chi connectivity index (χ3v) is 6.91. The van der Waals surface area contributed by atoms with Crippen molar-refractivity contribution < 1.29 is 22.8 Å². The predicted molar refractivity (Wildman–Crippen MR) is 103 cm³/mol. The Balaban J connectivity index is 1.65. The second-order valence-electron chi connectivity index (χ2n) is 7.71. The topological polar surface area (TPSA) is 104 Å². The molecule has 2 atom stereocenters. The van der Waals surface area contributed by atoms with Crippen LogP contribution in [-0.2, 0) is 24.4 Å². The summed E-state index contributed by atoms with van der Waals surface area (Å²) in [6.07, 6.45) is 1.28. The Bertz CT molecular complexity index is 855. The van der Waals surface area contributed by atoms with Gasteiger partial charge in [0.1, 0.15) is 6.54 Å². The van der Waals surface area contributed by atoms with Crippen LogP contribution in [0.4, 0.5) is 5.69 Å². The number of carbonyl (C=O) groups is 3. The number of nitrogens with one attached hydrogen (secondary N) is 1. The Morgan fingerprint density at radius 2 is 1.57 bits per heavy atom. The summed E-state index contributed by atoms with van der Waals surface area (Å²) in [6, 6.07) is 5.94. The Morgan fingerprint density at radius 1 is 1.04 bits per heavy atom. The minimum atomic E-state index is -3.58. The SMILES string of the molecule is C[C@H]1C[C@H](C)CN(S(=O)(=O)c2ccc(NC(=O)CN3C(=O)CCC3=O)cc2)C1. The molecule has 1 N–H and O–H groups in total. The molecule has 152 valence electrons. The summed E-state index contributed by atoms with van der Waals surface area (Å²) in [6.45, 7) is 4.77. The number of carbonyl (C=O) groups excluding carboxylic acids is 3. The van der Waals surface area contributed by atoms with Crippen molar-refractivity contribution in [3.63, 3.8) is 0 Å². The van der Waals surface area contributed by atoms with Crippen LogP contribution in [0.2, 0.25) is 0 Å². The Kier molecular flexibility index (Phi) is 5.85. The van der Waals surface area contributed by atoms with Crippen LogP contribution in [0.25, 0.3) is 0 Å². The lowest BCUT2D eigenvalue weighted by Crippen LogP contribution is -2.42. The first-order valence-corrected chi connectivity index (χ1v) is 10.8. The summed E-state index contributed by atoms with van der Waals surface area (Å²) >= 11 is 0. The molecule has 0 spiro atoms. The van der Waals surface area contributed by atoms with Gasteiger partial charge in [0.05, 0.1) is 4.90 Å². The van der Waals surface area contributed by atoms with Gasteiger partial charge in [-0.25, -0.2) is 8.42 Å². The number of anilines is 1. The van der Waals surface area contributed by atoms with Crippen molar-refractivity contribution in [1.82, 2.24) is 9.21 Å². The van der Waals surface area contributed by atoms with E-state index in [9.17, 15) is 22.8 Å². The molecule has 3 rings (SSSR count). The lowest BCUT2D eigenvalue weighted by atomic mass is 9.94. The number of hydrogen-bond donors (Lipinski definition) is 1. The Hall–Kier alpha value is -2.26. The quantitative estimate of drug-likeness (QED) is 0.744. The molecule has 3 amide bonds. The molecule has 1 aromatic rings. The molecule has 0 aliphatic carbocycles. The molecule has 2 fully saturated rings. The van der Waals surface area contributed by atoms with Gasteiger partial charge in [-0.3, -0.25) is 19.3 Å². The van der Waals surface area contributed by atoms with E-state index in [-0.39, 0.29) is 36.1 Å². The first-order chi connectivity index (χ1) is 13.2. The van der Waals surface area contributed by atoms with E-state index < -0.39 is 15.9 Å². The zero-order valence-electron chi connectivity index (χ0n) is 16.1. The van der Waals surface area contributed by atoms with Crippen molar-refractivity contribution in [2.75, 3.05) is 25.0 Å². The van der Waals surface area contributed by atoms with E-state index in [1.54, 1.807) is 0 Å². The molecule has 2 saturated heterocycles. The number of piperidine rings is 1. The highest BCUT2D eigenvalue weighted by molar-refractivity contribution is 7.89. The maximum absolute atomic E-state index is 12.9. The fourth-order valence-corrected chi connectivity index (χ4v) is 5.48. The van der Waals surface area contributed by atoms with Gasteiger partial charge in [-0.05, 0) is 42.5 Å². The van der Waals surface area contributed by atoms with Crippen LogP contribution in [0.3, 0.4) is 0 Å². The van der Waals surface area contributed by atoms with Crippen LogP contribution in [-0.4, -0.2) is 55.0 Å². The van der Waals surface area contributed by atoms with E-state index in [1.165, 1.54) is 28.6 Å². The Labute approximate surface area is 164 Å². The molecule has 2 aliphatic rings. The third kappa shape index (κ3) is 4.41. The minimum Gasteiger partial charge on any atom is -0.325 e. The van der Waals surface area contributed by atoms with Crippen LogP contribution in [0, 0.1) is 11.8 Å². The average molecular weight is 407 g/mol. The van der Waals surface area contributed by atoms with E-state index in [2.05, 4.69) is 5.32 Å². The number of rotatable bonds is 5. The summed E-state index contributed by atoms with van der Waals surface area (Å²) in [5.74, 6) is -0.586. The summed E-state index contributed by atoms with van der Waals surface area (Å²) in [7, 11) is -3.58. The van der Waals surface area contributed by atoms with Crippen LogP contribution >= 0.6 is 0 Å². The van der Waals surface area contributed by atoms with Crippen molar-refractivity contribution in [2.45, 2.75) is 38.0 Å². The molecule has 0 saturated carbocycles. The smallest absolute Gasteiger partial charge is 0.244 e. The lowest BCUT2D eigenvalue weighted by Gasteiger charge is -2.34. The van der Waals surface area contributed by atoms with Crippen LogP contribution in [0.5, 0.6) is 0 Å². The standard InChI is InChI=1S/C19H25N3O5S/c1-13-9-14(2)11-21(10-13)28(26,27)16-5-3-15(4-6-16)20-17(23)12-22-18(24)7-8-19(22)25/h3-6,13-14H,7-12H2,1-2H3,(H,20,23)/t13-,14-/m0/s1. The van der Waals surface area contributed by atoms with Gasteiger partial charge in [-0.15, -0.1) is 0 Å². The molecule has 9 heteroatoms. The molecule has 2 aliphatic heterocycles. The van der Waals surface area contributed by atoms with Gasteiger partial charge in [0.2, 0.25) is 27.7 Å². The molecule has 0 radical (unpaired) electrons. The van der Waals surface area contributed by atoms with E-state index in [4.69, 9.17) is 0 Å². The molecule has 28 heavy (non-hydrogen) atoms. The summed E-state index contributed by atoms with van der Waals surface area (Å²) in [5.41, 5.74) is 0.406. The van der Waals surface area contributed by atoms with Crippen LogP contribution in [0.15, 0.2) is 29.2 Å². The number of likely N-dealkylation sites (tertiary alicyclic amines) is 1. The highest BCUT2D eigenvalue weighted by atomic mass is 32.2. The van der Waals surface area contributed by atoms with Gasteiger partial charge in [-0.2, -0.15) is 4.31 Å². The van der Waals surface area contributed by atoms with Crippen molar-refractivity contribution in [3.8, 4) is 0 Å². The molecule has 0 bridgehead atoms. The van der Waals surface area contributed by atoms with E-state index in [1.807, 2.05) is 13.8 Å².